The van der Waals surface area contributed by atoms with Crippen LogP contribution >= 0.6 is 7.92 Å². The molecule has 0 aliphatic carbocycles. The summed E-state index contributed by atoms with van der Waals surface area (Å²) in [6.07, 6.45) is 0. The van der Waals surface area contributed by atoms with Gasteiger partial charge in [0.2, 0.25) is 0 Å². The maximum atomic E-state index is 11.4. The lowest BCUT2D eigenvalue weighted by Crippen LogP contribution is -2.21. The molecule has 2 nitrogen and oxygen atoms in total. The van der Waals surface area contributed by atoms with Gasteiger partial charge in [-0.3, -0.25) is 0 Å². The smallest absolute Gasteiger partial charge is 0.116 e. The van der Waals surface area contributed by atoms with Crippen LogP contribution in [0.2, 0.25) is 0 Å². The van der Waals surface area contributed by atoms with E-state index in [0.29, 0.717) is 5.69 Å². The molecule has 0 radical (unpaired) electrons. The number of rotatable bonds is 4. The fourth-order valence-electron chi connectivity index (χ4n) is 3.15. The summed E-state index contributed by atoms with van der Waals surface area (Å²) in [5, 5.41) is 8.99. The molecule has 0 bridgehead atoms. The lowest BCUT2D eigenvalue weighted by atomic mass is 10.1. The maximum absolute atomic E-state index is 11.4. The van der Waals surface area contributed by atoms with Gasteiger partial charge in [0.05, 0.1) is 0 Å². The van der Waals surface area contributed by atoms with Gasteiger partial charge in [-0.25, -0.2) is 0 Å². The molecule has 4 aromatic rings. The van der Waals surface area contributed by atoms with Crippen LogP contribution < -0.4 is 15.9 Å². The topological polar surface area (TPSA) is 29.4 Å². The van der Waals surface area contributed by atoms with Crippen LogP contribution in [0.15, 0.2) is 102 Å². The van der Waals surface area contributed by atoms with Crippen molar-refractivity contribution in [2.75, 3.05) is 0 Å². The molecule has 0 aliphatic heterocycles. The molecule has 120 valence electrons. The van der Waals surface area contributed by atoms with Gasteiger partial charge in [-0.2, -0.15) is 0 Å². The summed E-state index contributed by atoms with van der Waals surface area (Å²) in [6, 6.07) is 32.9. The molecule has 25 heavy (non-hydrogen) atoms. The number of nitroso groups, excluding NO2 is 1. The number of hydrogen-bond donors (Lipinski definition) is 0. The minimum absolute atomic E-state index is 0.507. The Hall–Kier alpha value is -2.83. The monoisotopic (exact) mass is 341 g/mol. The second-order valence-corrected chi connectivity index (χ2v) is 7.94. The van der Waals surface area contributed by atoms with E-state index in [1.807, 2.05) is 30.3 Å². The Kier molecular flexibility index (Phi) is 4.37. The first-order valence-corrected chi connectivity index (χ1v) is 9.48. The molecule has 0 unspecified atom stereocenters. The number of hydrogen-bond acceptors (Lipinski definition) is 2. The van der Waals surface area contributed by atoms with Crippen molar-refractivity contribution in [2.24, 2.45) is 5.18 Å². The lowest BCUT2D eigenvalue weighted by Gasteiger charge is -2.21. The van der Waals surface area contributed by atoms with Gasteiger partial charge < -0.3 is 0 Å². The first kappa shape index (κ1) is 15.7. The van der Waals surface area contributed by atoms with E-state index in [1.165, 1.54) is 15.9 Å². The molecule has 3 heteroatoms. The molecule has 0 aromatic heterocycles. The zero-order chi connectivity index (χ0) is 17.1. The molecule has 4 aromatic carbocycles. The molecule has 0 saturated heterocycles. The summed E-state index contributed by atoms with van der Waals surface area (Å²) in [6.45, 7) is 0. The highest BCUT2D eigenvalue weighted by Gasteiger charge is 2.20. The van der Waals surface area contributed by atoms with Gasteiger partial charge in [-0.15, -0.1) is 4.91 Å². The van der Waals surface area contributed by atoms with E-state index >= 15 is 0 Å². The molecule has 0 heterocycles. The van der Waals surface area contributed by atoms with E-state index in [-0.39, 0.29) is 0 Å². The summed E-state index contributed by atoms with van der Waals surface area (Å²) in [5.41, 5.74) is 0.507. The normalized spacial score (nSPS) is 10.9. The highest BCUT2D eigenvalue weighted by Crippen LogP contribution is 2.38. The molecule has 0 spiro atoms. The second-order valence-electron chi connectivity index (χ2n) is 5.75. The van der Waals surface area contributed by atoms with E-state index in [2.05, 4.69) is 65.8 Å². The highest BCUT2D eigenvalue weighted by molar-refractivity contribution is 7.80. The predicted molar refractivity (Wildman–Crippen MR) is 108 cm³/mol. The average molecular weight is 341 g/mol. The Morgan fingerprint density at radius 1 is 0.600 bits per heavy atom. The van der Waals surface area contributed by atoms with Crippen LogP contribution in [0.25, 0.3) is 10.8 Å². The van der Waals surface area contributed by atoms with Gasteiger partial charge in [0.1, 0.15) is 5.69 Å². The van der Waals surface area contributed by atoms with Gasteiger partial charge in [0.15, 0.2) is 0 Å². The van der Waals surface area contributed by atoms with Crippen LogP contribution in [0.5, 0.6) is 0 Å². The van der Waals surface area contributed by atoms with Crippen LogP contribution in [-0.4, -0.2) is 0 Å². The highest BCUT2D eigenvalue weighted by atomic mass is 31.1. The zero-order valence-electron chi connectivity index (χ0n) is 13.5. The largest absolute Gasteiger partial charge is 0.145 e. The first-order chi connectivity index (χ1) is 12.4. The molecule has 0 amide bonds. The van der Waals surface area contributed by atoms with Crippen LogP contribution in [0.4, 0.5) is 5.69 Å². The third-order valence-corrected chi connectivity index (χ3v) is 6.71. The van der Waals surface area contributed by atoms with Crippen molar-refractivity contribution >= 4 is 40.3 Å². The third-order valence-electron chi connectivity index (χ3n) is 4.23. The zero-order valence-corrected chi connectivity index (χ0v) is 14.4. The van der Waals surface area contributed by atoms with Crippen molar-refractivity contribution < 1.29 is 0 Å². The fourth-order valence-corrected chi connectivity index (χ4v) is 5.64. The number of nitrogens with zero attached hydrogens (tertiary/aromatic N) is 1. The standard InChI is InChI=1S/C22H16NOP/c24-23-20-15-7-9-17-10-8-16-21(22(17)20)25(18-11-3-1-4-12-18)19-13-5-2-6-14-19/h1-16H. The molecule has 0 N–H and O–H groups in total. The maximum Gasteiger partial charge on any atom is 0.116 e. The van der Waals surface area contributed by atoms with E-state index < -0.39 is 7.92 Å². The van der Waals surface area contributed by atoms with Crippen molar-refractivity contribution in [3.8, 4) is 0 Å². The predicted octanol–water partition coefficient (Wildman–Crippen LogP) is 5.00. The van der Waals surface area contributed by atoms with Crippen LogP contribution in [0, 0.1) is 4.91 Å². The number of benzene rings is 4. The summed E-state index contributed by atoms with van der Waals surface area (Å²) in [7, 11) is -0.767. The lowest BCUT2D eigenvalue weighted by molar-refractivity contribution is 1.54. The summed E-state index contributed by atoms with van der Waals surface area (Å²) in [5.74, 6) is 0. The van der Waals surface area contributed by atoms with Gasteiger partial charge in [-0.05, 0) is 40.5 Å². The second kappa shape index (κ2) is 6.96. The van der Waals surface area contributed by atoms with Gasteiger partial charge in [0, 0.05) is 5.39 Å². The summed E-state index contributed by atoms with van der Waals surface area (Å²) >= 11 is 0. The molecule has 0 saturated carbocycles. The number of fused-ring (bicyclic) bond motifs is 1. The molecule has 0 aliphatic rings. The molecule has 0 atom stereocenters. The van der Waals surface area contributed by atoms with Crippen LogP contribution in [-0.2, 0) is 0 Å². The van der Waals surface area contributed by atoms with Crippen molar-refractivity contribution in [2.45, 2.75) is 0 Å². The molecular weight excluding hydrogens is 325 g/mol. The molecular formula is C22H16NOP. The third kappa shape index (κ3) is 2.97. The SMILES string of the molecule is O=Nc1cccc2cccc(P(c3ccccc3)c3ccccc3)c12. The van der Waals surface area contributed by atoms with Crippen LogP contribution in [0.1, 0.15) is 0 Å². The minimum atomic E-state index is -0.767. The Morgan fingerprint density at radius 2 is 1.16 bits per heavy atom. The van der Waals surface area contributed by atoms with Crippen molar-refractivity contribution in [1.82, 2.24) is 0 Å². The molecule has 4 rings (SSSR count). The Morgan fingerprint density at radius 3 is 1.72 bits per heavy atom. The van der Waals surface area contributed by atoms with Gasteiger partial charge in [-0.1, -0.05) is 91.0 Å². The van der Waals surface area contributed by atoms with Crippen LogP contribution in [0.3, 0.4) is 0 Å². The quantitative estimate of drug-likeness (QED) is 0.379. The Bertz CT molecular complexity index is 971. The Balaban J connectivity index is 2.04. The van der Waals surface area contributed by atoms with Gasteiger partial charge >= 0.3 is 0 Å². The summed E-state index contributed by atoms with van der Waals surface area (Å²) < 4.78 is 0. The van der Waals surface area contributed by atoms with Crippen molar-refractivity contribution in [3.63, 3.8) is 0 Å². The van der Waals surface area contributed by atoms with E-state index in [1.54, 1.807) is 6.07 Å². The fraction of sp³-hybridized carbons (Fsp3) is 0. The van der Waals surface area contributed by atoms with E-state index in [9.17, 15) is 4.91 Å². The van der Waals surface area contributed by atoms with E-state index in [0.717, 1.165) is 10.8 Å². The Labute approximate surface area is 147 Å². The summed E-state index contributed by atoms with van der Waals surface area (Å²) in [4.78, 5) is 11.4. The first-order valence-electron chi connectivity index (χ1n) is 8.14. The minimum Gasteiger partial charge on any atom is -0.145 e. The van der Waals surface area contributed by atoms with Crippen molar-refractivity contribution in [3.05, 3.63) is 102 Å². The van der Waals surface area contributed by atoms with Gasteiger partial charge in [0.25, 0.3) is 0 Å². The van der Waals surface area contributed by atoms with Crippen molar-refractivity contribution in [1.29, 1.82) is 0 Å². The van der Waals surface area contributed by atoms with E-state index in [4.69, 9.17) is 0 Å². The molecule has 0 fully saturated rings. The average Bonchev–Trinajstić information content (AvgIpc) is 2.69.